The predicted octanol–water partition coefficient (Wildman–Crippen LogP) is 3.28. The number of carboxylic acid groups (broad SMARTS) is 1. The zero-order valence-corrected chi connectivity index (χ0v) is 12.8. The summed E-state index contributed by atoms with van der Waals surface area (Å²) in [6, 6.07) is 5.01. The minimum Gasteiger partial charge on any atom is -0.478 e. The van der Waals surface area contributed by atoms with Gasteiger partial charge in [0.05, 0.1) is 22.1 Å². The highest BCUT2D eigenvalue weighted by molar-refractivity contribution is 7.09. The first-order valence-electron chi connectivity index (χ1n) is 6.54. The van der Waals surface area contributed by atoms with Crippen molar-refractivity contribution in [2.75, 3.05) is 0 Å². The molecule has 1 aromatic carbocycles. The van der Waals surface area contributed by atoms with Crippen LogP contribution in [0.3, 0.4) is 0 Å². The second-order valence-corrected chi connectivity index (χ2v) is 6.29. The summed E-state index contributed by atoms with van der Waals surface area (Å²) in [4.78, 5) is 20.1. The number of hydrogen-bond donors (Lipinski definition) is 1. The minimum atomic E-state index is -0.936. The van der Waals surface area contributed by atoms with Crippen molar-refractivity contribution in [3.63, 3.8) is 0 Å². The van der Waals surface area contributed by atoms with E-state index >= 15 is 0 Å². The van der Waals surface area contributed by atoms with Gasteiger partial charge in [-0.2, -0.15) is 0 Å². The predicted molar refractivity (Wildman–Crippen MR) is 82.0 cm³/mol. The molecule has 6 heteroatoms. The lowest BCUT2D eigenvalue weighted by Crippen LogP contribution is -2.28. The van der Waals surface area contributed by atoms with Gasteiger partial charge in [-0.15, -0.1) is 11.3 Å². The largest absolute Gasteiger partial charge is 0.478 e. The molecule has 0 atom stereocenters. The highest BCUT2D eigenvalue weighted by Gasteiger charge is 2.29. The SMILES string of the molecule is Cc1nc2ccc(C(=O)O)cc2n1C(C)(C)c1nccs1. The third kappa shape index (κ3) is 2.12. The Balaban J connectivity index is 2.29. The highest BCUT2D eigenvalue weighted by Crippen LogP contribution is 2.32. The van der Waals surface area contributed by atoms with Crippen molar-refractivity contribution in [2.45, 2.75) is 26.3 Å². The molecule has 3 aromatic rings. The van der Waals surface area contributed by atoms with Gasteiger partial charge in [-0.25, -0.2) is 14.8 Å². The number of carboxylic acids is 1. The molecule has 0 spiro atoms. The van der Waals surface area contributed by atoms with E-state index in [0.717, 1.165) is 21.9 Å². The number of benzene rings is 1. The quantitative estimate of drug-likeness (QED) is 0.806. The number of aromatic nitrogens is 3. The van der Waals surface area contributed by atoms with E-state index in [0.29, 0.717) is 0 Å². The Bertz CT molecular complexity index is 819. The Hall–Kier alpha value is -2.21. The van der Waals surface area contributed by atoms with Gasteiger partial charge >= 0.3 is 5.97 Å². The van der Waals surface area contributed by atoms with Crippen LogP contribution in [-0.2, 0) is 5.54 Å². The molecular formula is C15H15N3O2S. The van der Waals surface area contributed by atoms with E-state index < -0.39 is 5.97 Å². The molecule has 0 radical (unpaired) electrons. The average Bonchev–Trinajstić information content (AvgIpc) is 3.04. The molecule has 0 aliphatic rings. The number of imidazole rings is 1. The van der Waals surface area contributed by atoms with Gasteiger partial charge in [0.1, 0.15) is 10.8 Å². The Morgan fingerprint density at radius 3 is 2.76 bits per heavy atom. The lowest BCUT2D eigenvalue weighted by atomic mass is 10.1. The molecule has 3 rings (SSSR count). The smallest absolute Gasteiger partial charge is 0.335 e. The van der Waals surface area contributed by atoms with Crippen LogP contribution in [0.4, 0.5) is 0 Å². The maximum absolute atomic E-state index is 11.2. The van der Waals surface area contributed by atoms with E-state index in [9.17, 15) is 9.90 Å². The van der Waals surface area contributed by atoms with Crippen molar-refractivity contribution in [3.05, 3.63) is 46.2 Å². The monoisotopic (exact) mass is 301 g/mol. The van der Waals surface area contributed by atoms with Crippen LogP contribution in [0, 0.1) is 6.92 Å². The van der Waals surface area contributed by atoms with Crippen LogP contribution in [0.2, 0.25) is 0 Å². The van der Waals surface area contributed by atoms with E-state index in [-0.39, 0.29) is 11.1 Å². The highest BCUT2D eigenvalue weighted by atomic mass is 32.1. The molecule has 0 aliphatic carbocycles. The number of carbonyl (C=O) groups is 1. The standard InChI is InChI=1S/C15H15N3O2S/c1-9-17-11-5-4-10(13(19)20)8-12(11)18(9)15(2,3)14-16-6-7-21-14/h4-8H,1-3H3,(H,19,20). The fourth-order valence-electron chi connectivity index (χ4n) is 2.66. The fraction of sp³-hybridized carbons (Fsp3) is 0.267. The lowest BCUT2D eigenvalue weighted by molar-refractivity contribution is 0.0697. The molecule has 0 amide bonds. The Kier molecular flexibility index (Phi) is 3.06. The average molecular weight is 301 g/mol. The van der Waals surface area contributed by atoms with Gasteiger partial charge in [0.15, 0.2) is 0 Å². The van der Waals surface area contributed by atoms with Crippen LogP contribution in [0.1, 0.15) is 35.0 Å². The summed E-state index contributed by atoms with van der Waals surface area (Å²) in [6.45, 7) is 6.05. The van der Waals surface area contributed by atoms with E-state index in [1.807, 2.05) is 16.9 Å². The van der Waals surface area contributed by atoms with Gasteiger partial charge in [-0.05, 0) is 39.0 Å². The number of nitrogens with zero attached hydrogens (tertiary/aromatic N) is 3. The van der Waals surface area contributed by atoms with E-state index in [4.69, 9.17) is 0 Å². The molecule has 0 saturated heterocycles. The summed E-state index contributed by atoms with van der Waals surface area (Å²) in [6.07, 6.45) is 1.78. The summed E-state index contributed by atoms with van der Waals surface area (Å²) < 4.78 is 2.05. The Labute approximate surface area is 125 Å². The molecule has 2 heterocycles. The third-order valence-corrected chi connectivity index (χ3v) is 4.67. The van der Waals surface area contributed by atoms with E-state index in [2.05, 4.69) is 23.8 Å². The van der Waals surface area contributed by atoms with Crippen molar-refractivity contribution in [3.8, 4) is 0 Å². The molecule has 108 valence electrons. The van der Waals surface area contributed by atoms with Crippen LogP contribution in [0.5, 0.6) is 0 Å². The molecule has 0 saturated carbocycles. The van der Waals surface area contributed by atoms with Crippen LogP contribution in [-0.4, -0.2) is 25.6 Å². The van der Waals surface area contributed by atoms with Gasteiger partial charge in [0.2, 0.25) is 0 Å². The number of fused-ring (bicyclic) bond motifs is 1. The Morgan fingerprint density at radius 2 is 2.14 bits per heavy atom. The summed E-state index contributed by atoms with van der Waals surface area (Å²) in [5.41, 5.74) is 1.48. The number of aryl methyl sites for hydroxylation is 1. The molecule has 0 fully saturated rings. The first kappa shape index (κ1) is 13.8. The normalized spacial score (nSPS) is 12.0. The number of aromatic carboxylic acids is 1. The van der Waals surface area contributed by atoms with Crippen molar-refractivity contribution in [1.29, 1.82) is 0 Å². The molecule has 0 aliphatic heterocycles. The third-order valence-electron chi connectivity index (χ3n) is 3.58. The van der Waals surface area contributed by atoms with Crippen molar-refractivity contribution in [2.24, 2.45) is 0 Å². The Morgan fingerprint density at radius 1 is 1.38 bits per heavy atom. The zero-order chi connectivity index (χ0) is 15.2. The summed E-state index contributed by atoms with van der Waals surface area (Å²) in [7, 11) is 0. The molecule has 5 nitrogen and oxygen atoms in total. The summed E-state index contributed by atoms with van der Waals surface area (Å²) in [5, 5.41) is 12.1. The van der Waals surface area contributed by atoms with Crippen molar-refractivity contribution < 1.29 is 9.90 Å². The second kappa shape index (κ2) is 4.66. The van der Waals surface area contributed by atoms with Crippen molar-refractivity contribution in [1.82, 2.24) is 14.5 Å². The maximum atomic E-state index is 11.2. The first-order valence-corrected chi connectivity index (χ1v) is 7.42. The van der Waals surface area contributed by atoms with Gasteiger partial charge in [-0.3, -0.25) is 0 Å². The number of rotatable bonds is 3. The van der Waals surface area contributed by atoms with Gasteiger partial charge in [-0.1, -0.05) is 0 Å². The first-order chi connectivity index (χ1) is 9.91. The zero-order valence-electron chi connectivity index (χ0n) is 12.0. The van der Waals surface area contributed by atoms with Gasteiger partial charge in [0.25, 0.3) is 0 Å². The topological polar surface area (TPSA) is 68.0 Å². The van der Waals surface area contributed by atoms with Crippen LogP contribution in [0.25, 0.3) is 11.0 Å². The van der Waals surface area contributed by atoms with Crippen LogP contribution < -0.4 is 0 Å². The lowest BCUT2D eigenvalue weighted by Gasteiger charge is -2.26. The second-order valence-electron chi connectivity index (χ2n) is 5.40. The van der Waals surface area contributed by atoms with E-state index in [1.165, 1.54) is 0 Å². The maximum Gasteiger partial charge on any atom is 0.335 e. The summed E-state index contributed by atoms with van der Waals surface area (Å²) in [5.74, 6) is -0.0953. The summed E-state index contributed by atoms with van der Waals surface area (Å²) >= 11 is 1.58. The van der Waals surface area contributed by atoms with Crippen LogP contribution in [0.15, 0.2) is 29.8 Å². The molecule has 0 unspecified atom stereocenters. The molecule has 2 aromatic heterocycles. The van der Waals surface area contributed by atoms with Crippen LogP contribution >= 0.6 is 11.3 Å². The number of thiazole rings is 1. The van der Waals surface area contributed by atoms with Gasteiger partial charge in [0, 0.05) is 11.6 Å². The van der Waals surface area contributed by atoms with Crippen molar-refractivity contribution >= 4 is 28.3 Å². The van der Waals surface area contributed by atoms with E-state index in [1.54, 1.807) is 35.7 Å². The molecular weight excluding hydrogens is 286 g/mol. The van der Waals surface area contributed by atoms with Gasteiger partial charge < -0.3 is 9.67 Å². The molecule has 21 heavy (non-hydrogen) atoms. The number of hydrogen-bond acceptors (Lipinski definition) is 4. The molecule has 0 bridgehead atoms. The minimum absolute atomic E-state index is 0.263. The molecule has 1 N–H and O–H groups in total. The fourth-order valence-corrected chi connectivity index (χ4v) is 3.41.